The highest BCUT2D eigenvalue weighted by Crippen LogP contribution is 2.22. The zero-order valence-electron chi connectivity index (χ0n) is 14.4. The fraction of sp³-hybridized carbons (Fsp3) is 0.263. The minimum atomic E-state index is -0.238. The summed E-state index contributed by atoms with van der Waals surface area (Å²) in [6.45, 7) is 5.85. The zero-order chi connectivity index (χ0) is 17.8. The van der Waals surface area contributed by atoms with E-state index in [1.807, 2.05) is 32.9 Å². The highest BCUT2D eigenvalue weighted by Gasteiger charge is 2.18. The van der Waals surface area contributed by atoms with Gasteiger partial charge in [-0.25, -0.2) is 0 Å². The van der Waals surface area contributed by atoms with E-state index in [1.54, 1.807) is 30.5 Å². The Morgan fingerprint density at radius 1 is 1.24 bits per heavy atom. The number of carbonyl (C=O) groups is 1. The minimum Gasteiger partial charge on any atom is -0.488 e. The van der Waals surface area contributed by atoms with Crippen molar-refractivity contribution >= 4 is 5.91 Å². The van der Waals surface area contributed by atoms with Crippen molar-refractivity contribution in [2.24, 2.45) is 0 Å². The van der Waals surface area contributed by atoms with Gasteiger partial charge in [-0.05, 0) is 45.0 Å². The number of carbonyl (C=O) groups excluding carboxylic acids is 1. The number of amides is 1. The van der Waals surface area contributed by atoms with E-state index in [1.165, 1.54) is 0 Å². The van der Waals surface area contributed by atoms with Crippen molar-refractivity contribution in [1.29, 1.82) is 0 Å². The Labute approximate surface area is 145 Å². The third-order valence-corrected chi connectivity index (χ3v) is 4.00. The van der Waals surface area contributed by atoms with E-state index in [0.29, 0.717) is 29.4 Å². The summed E-state index contributed by atoms with van der Waals surface area (Å²) in [7, 11) is 0. The maximum atomic E-state index is 12.6. The smallest absolute Gasteiger partial charge is 0.255 e. The molecule has 2 aromatic heterocycles. The number of furan rings is 1. The van der Waals surface area contributed by atoms with E-state index in [0.717, 1.165) is 11.3 Å². The summed E-state index contributed by atoms with van der Waals surface area (Å²) in [5.74, 6) is 1.69. The molecule has 1 atom stereocenters. The monoisotopic (exact) mass is 340 g/mol. The molecular formula is C19H20N2O4. The van der Waals surface area contributed by atoms with E-state index in [2.05, 4.69) is 10.5 Å². The molecule has 3 aromatic rings. The molecule has 25 heavy (non-hydrogen) atoms. The molecule has 0 saturated heterocycles. The Morgan fingerprint density at radius 2 is 2.04 bits per heavy atom. The summed E-state index contributed by atoms with van der Waals surface area (Å²) in [6.07, 6.45) is 1.58. The van der Waals surface area contributed by atoms with Gasteiger partial charge in [-0.2, -0.15) is 0 Å². The maximum Gasteiger partial charge on any atom is 0.255 e. The van der Waals surface area contributed by atoms with Gasteiger partial charge >= 0.3 is 0 Å². The van der Waals surface area contributed by atoms with Crippen molar-refractivity contribution in [3.8, 4) is 5.75 Å². The largest absolute Gasteiger partial charge is 0.488 e. The summed E-state index contributed by atoms with van der Waals surface area (Å²) >= 11 is 0. The number of nitrogens with zero attached hydrogens (tertiary/aromatic N) is 1. The second kappa shape index (κ2) is 7.25. The van der Waals surface area contributed by atoms with Crippen LogP contribution in [-0.4, -0.2) is 11.1 Å². The van der Waals surface area contributed by atoms with Crippen molar-refractivity contribution in [3.05, 3.63) is 71.0 Å². The standard InChI is InChI=1S/C19H20N2O4/c1-12-16(14(3)25-21-12)11-24-18-8-5-4-7-15(18)19(22)20-13(2)17-9-6-10-23-17/h4-10,13H,11H2,1-3H3,(H,20,22)/t13-/m0/s1. The van der Waals surface area contributed by atoms with Gasteiger partial charge in [0.2, 0.25) is 0 Å². The number of benzene rings is 1. The van der Waals surface area contributed by atoms with E-state index >= 15 is 0 Å². The van der Waals surface area contributed by atoms with Gasteiger partial charge < -0.3 is 19.0 Å². The normalized spacial score (nSPS) is 12.0. The predicted molar refractivity (Wildman–Crippen MR) is 91.3 cm³/mol. The lowest BCUT2D eigenvalue weighted by atomic mass is 10.1. The molecule has 130 valence electrons. The van der Waals surface area contributed by atoms with Crippen LogP contribution in [0.4, 0.5) is 0 Å². The number of ether oxygens (including phenoxy) is 1. The van der Waals surface area contributed by atoms with Gasteiger partial charge in [0.1, 0.15) is 23.9 Å². The first-order chi connectivity index (χ1) is 12.1. The molecule has 0 radical (unpaired) electrons. The van der Waals surface area contributed by atoms with Crippen LogP contribution in [0.3, 0.4) is 0 Å². The molecule has 0 fully saturated rings. The molecule has 6 heteroatoms. The van der Waals surface area contributed by atoms with Gasteiger partial charge in [0, 0.05) is 0 Å². The number of para-hydroxylation sites is 1. The van der Waals surface area contributed by atoms with Crippen molar-refractivity contribution < 1.29 is 18.5 Å². The van der Waals surface area contributed by atoms with Gasteiger partial charge in [0.15, 0.2) is 0 Å². The molecule has 0 bridgehead atoms. The molecule has 3 rings (SSSR count). The molecule has 0 aliphatic carbocycles. The molecule has 1 aromatic carbocycles. The first-order valence-electron chi connectivity index (χ1n) is 8.04. The average Bonchev–Trinajstić information content (AvgIpc) is 3.24. The average molecular weight is 340 g/mol. The van der Waals surface area contributed by atoms with Crippen LogP contribution in [0.15, 0.2) is 51.6 Å². The molecule has 2 heterocycles. The Balaban J connectivity index is 1.73. The van der Waals surface area contributed by atoms with Crippen molar-refractivity contribution in [3.63, 3.8) is 0 Å². The molecule has 0 aliphatic heterocycles. The van der Waals surface area contributed by atoms with Crippen LogP contribution in [0.5, 0.6) is 5.75 Å². The second-order valence-corrected chi connectivity index (χ2v) is 5.80. The van der Waals surface area contributed by atoms with Crippen LogP contribution in [-0.2, 0) is 6.61 Å². The van der Waals surface area contributed by atoms with Crippen molar-refractivity contribution in [2.75, 3.05) is 0 Å². The number of aromatic nitrogens is 1. The summed E-state index contributed by atoms with van der Waals surface area (Å²) < 4.78 is 16.3. The van der Waals surface area contributed by atoms with Gasteiger partial charge in [0.25, 0.3) is 5.91 Å². The molecule has 0 saturated carbocycles. The van der Waals surface area contributed by atoms with Gasteiger partial charge in [-0.15, -0.1) is 0 Å². The van der Waals surface area contributed by atoms with Crippen molar-refractivity contribution in [1.82, 2.24) is 10.5 Å². The first-order valence-corrected chi connectivity index (χ1v) is 8.04. The Morgan fingerprint density at radius 3 is 2.72 bits per heavy atom. The Hall–Kier alpha value is -3.02. The Bertz CT molecular complexity index is 833. The highest BCUT2D eigenvalue weighted by atomic mass is 16.5. The SMILES string of the molecule is Cc1noc(C)c1COc1ccccc1C(=O)N[C@@H](C)c1ccco1. The number of nitrogens with one attached hydrogen (secondary N) is 1. The number of hydrogen-bond donors (Lipinski definition) is 1. The van der Waals surface area contributed by atoms with Crippen LogP contribution in [0.25, 0.3) is 0 Å². The highest BCUT2D eigenvalue weighted by molar-refractivity contribution is 5.97. The van der Waals surface area contributed by atoms with Crippen LogP contribution in [0.1, 0.15) is 46.1 Å². The lowest BCUT2D eigenvalue weighted by molar-refractivity contribution is 0.0931. The number of rotatable bonds is 6. The van der Waals surface area contributed by atoms with Crippen LogP contribution < -0.4 is 10.1 Å². The zero-order valence-corrected chi connectivity index (χ0v) is 14.4. The van der Waals surface area contributed by atoms with Gasteiger partial charge in [-0.1, -0.05) is 17.3 Å². The topological polar surface area (TPSA) is 77.5 Å². The van der Waals surface area contributed by atoms with Crippen LogP contribution in [0.2, 0.25) is 0 Å². The Kier molecular flexibility index (Phi) is 4.88. The summed E-state index contributed by atoms with van der Waals surface area (Å²) in [5, 5.41) is 6.82. The van der Waals surface area contributed by atoms with Crippen LogP contribution >= 0.6 is 0 Å². The fourth-order valence-electron chi connectivity index (χ4n) is 2.52. The van der Waals surface area contributed by atoms with E-state index in [9.17, 15) is 4.79 Å². The number of hydrogen-bond acceptors (Lipinski definition) is 5. The maximum absolute atomic E-state index is 12.6. The summed E-state index contributed by atoms with van der Waals surface area (Å²) in [4.78, 5) is 12.6. The third-order valence-electron chi connectivity index (χ3n) is 4.00. The molecule has 6 nitrogen and oxygen atoms in total. The summed E-state index contributed by atoms with van der Waals surface area (Å²) in [6, 6.07) is 10.5. The lowest BCUT2D eigenvalue weighted by Gasteiger charge is -2.14. The molecule has 0 aliphatic rings. The molecule has 0 unspecified atom stereocenters. The summed E-state index contributed by atoms with van der Waals surface area (Å²) in [5.41, 5.74) is 2.14. The van der Waals surface area contributed by atoms with Gasteiger partial charge in [-0.3, -0.25) is 4.79 Å². The van der Waals surface area contributed by atoms with E-state index in [-0.39, 0.29) is 11.9 Å². The predicted octanol–water partition coefficient (Wildman–Crippen LogP) is 3.95. The number of aryl methyl sites for hydroxylation is 2. The second-order valence-electron chi connectivity index (χ2n) is 5.80. The minimum absolute atomic E-state index is 0.224. The fourth-order valence-corrected chi connectivity index (χ4v) is 2.52. The van der Waals surface area contributed by atoms with E-state index < -0.39 is 0 Å². The molecule has 1 N–H and O–H groups in total. The molecule has 1 amide bonds. The first kappa shape index (κ1) is 16.8. The van der Waals surface area contributed by atoms with Crippen molar-refractivity contribution in [2.45, 2.75) is 33.4 Å². The van der Waals surface area contributed by atoms with E-state index in [4.69, 9.17) is 13.7 Å². The molecule has 0 spiro atoms. The third kappa shape index (κ3) is 3.74. The molecular weight excluding hydrogens is 320 g/mol. The quantitative estimate of drug-likeness (QED) is 0.735. The lowest BCUT2D eigenvalue weighted by Crippen LogP contribution is -2.26. The van der Waals surface area contributed by atoms with Gasteiger partial charge in [0.05, 0.1) is 29.1 Å². The van der Waals surface area contributed by atoms with Crippen LogP contribution in [0, 0.1) is 13.8 Å².